The molecule has 1 atom stereocenters. The number of carbonyl (C=O) groups excluding carboxylic acids is 3. The lowest BCUT2D eigenvalue weighted by molar-refractivity contribution is -0.127. The van der Waals surface area contributed by atoms with Crippen LogP contribution in [0.25, 0.3) is 0 Å². The number of urea groups is 1. The first-order chi connectivity index (χ1) is 10.9. The molecule has 0 aliphatic heterocycles. The molecule has 0 aromatic carbocycles. The van der Waals surface area contributed by atoms with Gasteiger partial charge in [0.2, 0.25) is 0 Å². The van der Waals surface area contributed by atoms with Crippen LogP contribution in [0, 0.1) is 13.8 Å². The first kappa shape index (κ1) is 17.0. The number of rotatable bonds is 4. The number of nitrogens with zero attached hydrogens (tertiary/aromatic N) is 1. The number of hydrogen-bond donors (Lipinski definition) is 2. The molecule has 0 bridgehead atoms. The minimum atomic E-state index is -1.11. The lowest BCUT2D eigenvalue weighted by Gasteiger charge is -2.15. The second-order valence-electron chi connectivity index (χ2n) is 5.69. The van der Waals surface area contributed by atoms with E-state index in [-0.39, 0.29) is 11.6 Å². The average Bonchev–Trinajstić information content (AvgIpc) is 3.08. The normalized spacial score (nSPS) is 16.0. The molecule has 0 spiro atoms. The van der Waals surface area contributed by atoms with E-state index in [0.717, 1.165) is 25.7 Å². The fourth-order valence-electron chi connectivity index (χ4n) is 2.55. The summed E-state index contributed by atoms with van der Waals surface area (Å²) in [5.41, 5.74) is 0.583. The maximum atomic E-state index is 12.0. The van der Waals surface area contributed by atoms with Crippen LogP contribution in [0.15, 0.2) is 4.52 Å². The highest BCUT2D eigenvalue weighted by Crippen LogP contribution is 2.17. The van der Waals surface area contributed by atoms with Crippen molar-refractivity contribution in [2.24, 2.45) is 0 Å². The Morgan fingerprint density at radius 1 is 1.26 bits per heavy atom. The first-order valence-corrected chi connectivity index (χ1v) is 7.63. The van der Waals surface area contributed by atoms with Gasteiger partial charge in [-0.15, -0.1) is 0 Å². The van der Waals surface area contributed by atoms with Gasteiger partial charge in [0.15, 0.2) is 6.10 Å². The largest absolute Gasteiger partial charge is 0.449 e. The quantitative estimate of drug-likeness (QED) is 0.814. The van der Waals surface area contributed by atoms with Crippen LogP contribution in [0.3, 0.4) is 0 Å². The fraction of sp³-hybridized carbons (Fsp3) is 0.600. The fourth-order valence-corrected chi connectivity index (χ4v) is 2.55. The first-order valence-electron chi connectivity index (χ1n) is 7.63. The molecular weight excluding hydrogens is 302 g/mol. The number of imide groups is 1. The van der Waals surface area contributed by atoms with Crippen LogP contribution in [0.5, 0.6) is 0 Å². The van der Waals surface area contributed by atoms with Gasteiger partial charge < -0.3 is 14.6 Å². The third-order valence-electron chi connectivity index (χ3n) is 3.82. The van der Waals surface area contributed by atoms with Gasteiger partial charge in [0.05, 0.1) is 5.69 Å². The van der Waals surface area contributed by atoms with Crippen molar-refractivity contribution in [2.45, 2.75) is 58.6 Å². The SMILES string of the molecule is Cc1noc(C)c1C(=O)O[C@@H](C)C(=O)NC(=O)NC1CCCC1. The summed E-state index contributed by atoms with van der Waals surface area (Å²) in [5.74, 6) is -1.07. The van der Waals surface area contributed by atoms with Crippen molar-refractivity contribution >= 4 is 17.9 Å². The van der Waals surface area contributed by atoms with E-state index in [9.17, 15) is 14.4 Å². The maximum absolute atomic E-state index is 12.0. The monoisotopic (exact) mass is 323 g/mol. The molecule has 8 heteroatoms. The van der Waals surface area contributed by atoms with Crippen LogP contribution >= 0.6 is 0 Å². The molecule has 23 heavy (non-hydrogen) atoms. The Kier molecular flexibility index (Phi) is 5.36. The average molecular weight is 323 g/mol. The second-order valence-corrected chi connectivity index (χ2v) is 5.69. The smallest absolute Gasteiger partial charge is 0.344 e. The molecule has 1 aliphatic carbocycles. The number of amides is 3. The molecule has 126 valence electrons. The van der Waals surface area contributed by atoms with Gasteiger partial charge in [-0.05, 0) is 33.6 Å². The third kappa shape index (κ3) is 4.30. The van der Waals surface area contributed by atoms with Gasteiger partial charge in [0.1, 0.15) is 11.3 Å². The number of ether oxygens (including phenoxy) is 1. The molecule has 1 aromatic heterocycles. The summed E-state index contributed by atoms with van der Waals surface area (Å²) >= 11 is 0. The van der Waals surface area contributed by atoms with E-state index in [1.165, 1.54) is 6.92 Å². The molecule has 2 N–H and O–H groups in total. The second kappa shape index (κ2) is 7.26. The summed E-state index contributed by atoms with van der Waals surface area (Å²) < 4.78 is 9.94. The van der Waals surface area contributed by atoms with Crippen LogP contribution in [0.1, 0.15) is 54.4 Å². The predicted molar refractivity (Wildman–Crippen MR) is 79.8 cm³/mol. The zero-order chi connectivity index (χ0) is 17.0. The van der Waals surface area contributed by atoms with Gasteiger partial charge >= 0.3 is 12.0 Å². The molecule has 3 amide bonds. The molecule has 1 aromatic rings. The molecule has 1 heterocycles. The van der Waals surface area contributed by atoms with Crippen molar-refractivity contribution in [3.8, 4) is 0 Å². The summed E-state index contributed by atoms with van der Waals surface area (Å²) in [5, 5.41) is 8.56. The van der Waals surface area contributed by atoms with Crippen molar-refractivity contribution in [3.05, 3.63) is 17.0 Å². The van der Waals surface area contributed by atoms with Gasteiger partial charge in [-0.25, -0.2) is 9.59 Å². The minimum Gasteiger partial charge on any atom is -0.449 e. The lowest BCUT2D eigenvalue weighted by atomic mass is 10.2. The Bertz CT molecular complexity index is 585. The Hall–Kier alpha value is -2.38. The van der Waals surface area contributed by atoms with Crippen molar-refractivity contribution < 1.29 is 23.6 Å². The standard InChI is InChI=1S/C15H21N3O5/c1-8-12(9(2)23-18-8)14(20)22-10(3)13(19)17-15(21)16-11-6-4-5-7-11/h10-11H,4-7H2,1-3H3,(H2,16,17,19,21)/t10-/m0/s1. The number of aryl methyl sites for hydroxylation is 2. The maximum Gasteiger partial charge on any atom is 0.344 e. The Morgan fingerprint density at radius 3 is 2.48 bits per heavy atom. The highest BCUT2D eigenvalue weighted by Gasteiger charge is 2.26. The van der Waals surface area contributed by atoms with E-state index in [2.05, 4.69) is 15.8 Å². The number of esters is 1. The highest BCUT2D eigenvalue weighted by molar-refractivity contribution is 5.99. The predicted octanol–water partition coefficient (Wildman–Crippen LogP) is 1.61. The molecule has 0 saturated heterocycles. The number of aromatic nitrogens is 1. The topological polar surface area (TPSA) is 111 Å². The number of hydrogen-bond acceptors (Lipinski definition) is 6. The van der Waals surface area contributed by atoms with Crippen LogP contribution in [0.4, 0.5) is 4.79 Å². The summed E-state index contributed by atoms with van der Waals surface area (Å²) in [6.07, 6.45) is 2.87. The zero-order valence-corrected chi connectivity index (χ0v) is 13.5. The molecule has 0 radical (unpaired) electrons. The van der Waals surface area contributed by atoms with E-state index in [1.54, 1.807) is 13.8 Å². The number of carbonyl (C=O) groups is 3. The van der Waals surface area contributed by atoms with Crippen LogP contribution in [-0.4, -0.2) is 35.2 Å². The van der Waals surface area contributed by atoms with Crippen molar-refractivity contribution in [2.75, 3.05) is 0 Å². The molecule has 0 unspecified atom stereocenters. The minimum absolute atomic E-state index is 0.1000. The molecule has 2 rings (SSSR count). The lowest BCUT2D eigenvalue weighted by Crippen LogP contribution is -2.47. The van der Waals surface area contributed by atoms with Gasteiger partial charge in [-0.1, -0.05) is 18.0 Å². The Balaban J connectivity index is 1.84. The van der Waals surface area contributed by atoms with E-state index < -0.39 is 24.0 Å². The van der Waals surface area contributed by atoms with E-state index in [1.807, 2.05) is 0 Å². The summed E-state index contributed by atoms with van der Waals surface area (Å²) in [4.78, 5) is 35.7. The Morgan fingerprint density at radius 2 is 1.91 bits per heavy atom. The van der Waals surface area contributed by atoms with Crippen molar-refractivity contribution in [1.82, 2.24) is 15.8 Å². The van der Waals surface area contributed by atoms with Crippen molar-refractivity contribution in [3.63, 3.8) is 0 Å². The number of nitrogens with one attached hydrogen (secondary N) is 2. The summed E-state index contributed by atoms with van der Waals surface area (Å²) in [6.45, 7) is 4.58. The van der Waals surface area contributed by atoms with E-state index >= 15 is 0 Å². The molecule has 1 fully saturated rings. The summed E-state index contributed by atoms with van der Waals surface area (Å²) in [6, 6.07) is -0.468. The molecule has 1 aliphatic rings. The molecule has 1 saturated carbocycles. The highest BCUT2D eigenvalue weighted by atomic mass is 16.5. The molecule has 8 nitrogen and oxygen atoms in total. The van der Waals surface area contributed by atoms with Crippen molar-refractivity contribution in [1.29, 1.82) is 0 Å². The van der Waals surface area contributed by atoms with Crippen LogP contribution in [0.2, 0.25) is 0 Å². The van der Waals surface area contributed by atoms with E-state index in [0.29, 0.717) is 11.5 Å². The van der Waals surface area contributed by atoms with Gasteiger partial charge in [0, 0.05) is 6.04 Å². The van der Waals surface area contributed by atoms with Crippen LogP contribution in [-0.2, 0) is 9.53 Å². The summed E-state index contributed by atoms with van der Waals surface area (Å²) in [7, 11) is 0. The zero-order valence-electron chi connectivity index (χ0n) is 13.5. The van der Waals surface area contributed by atoms with Gasteiger partial charge in [-0.2, -0.15) is 0 Å². The van der Waals surface area contributed by atoms with E-state index in [4.69, 9.17) is 9.26 Å². The van der Waals surface area contributed by atoms with Crippen LogP contribution < -0.4 is 10.6 Å². The van der Waals surface area contributed by atoms with Gasteiger partial charge in [-0.3, -0.25) is 10.1 Å². The Labute approximate surface area is 133 Å². The molecular formula is C15H21N3O5. The third-order valence-corrected chi connectivity index (χ3v) is 3.82. The van der Waals surface area contributed by atoms with Gasteiger partial charge in [0.25, 0.3) is 5.91 Å².